The summed E-state index contributed by atoms with van der Waals surface area (Å²) in [6, 6.07) is 1.35. The lowest BCUT2D eigenvalue weighted by Crippen LogP contribution is -2.48. The first-order valence-electron chi connectivity index (χ1n) is 8.26. The lowest BCUT2D eigenvalue weighted by Gasteiger charge is -2.36. The molecule has 2 fully saturated rings. The van der Waals surface area contributed by atoms with Crippen LogP contribution in [0, 0.1) is 5.92 Å². The zero-order valence-corrected chi connectivity index (χ0v) is 12.9. The molecule has 2 saturated carbocycles. The highest BCUT2D eigenvalue weighted by atomic mass is 16.5. The molecule has 0 aromatic carbocycles. The van der Waals surface area contributed by atoms with Gasteiger partial charge in [0.25, 0.3) is 0 Å². The van der Waals surface area contributed by atoms with Crippen molar-refractivity contribution in [3.05, 3.63) is 0 Å². The van der Waals surface area contributed by atoms with Gasteiger partial charge in [-0.05, 0) is 45.7 Å². The zero-order chi connectivity index (χ0) is 13.5. The van der Waals surface area contributed by atoms with Crippen LogP contribution in [0.15, 0.2) is 0 Å². The molecule has 0 aromatic heterocycles. The monoisotopic (exact) mass is 268 g/mol. The summed E-state index contributed by atoms with van der Waals surface area (Å²) in [5.41, 5.74) is 0. The van der Waals surface area contributed by atoms with Crippen LogP contribution in [0.2, 0.25) is 0 Å². The fraction of sp³-hybridized carbons (Fsp3) is 1.00. The normalized spacial score (nSPS) is 29.2. The summed E-state index contributed by atoms with van der Waals surface area (Å²) in [4.78, 5) is 2.53. The van der Waals surface area contributed by atoms with Gasteiger partial charge in [0.15, 0.2) is 0 Å². The van der Waals surface area contributed by atoms with Crippen LogP contribution in [0.5, 0.6) is 0 Å². The van der Waals surface area contributed by atoms with E-state index in [-0.39, 0.29) is 0 Å². The smallest absolute Gasteiger partial charge is 0.0593 e. The third kappa shape index (κ3) is 5.41. The van der Waals surface area contributed by atoms with E-state index in [0.717, 1.165) is 25.7 Å². The van der Waals surface area contributed by atoms with Crippen LogP contribution < -0.4 is 5.32 Å². The highest BCUT2D eigenvalue weighted by Gasteiger charge is 2.25. The van der Waals surface area contributed by atoms with E-state index in [9.17, 15) is 0 Å². The van der Waals surface area contributed by atoms with Gasteiger partial charge in [-0.1, -0.05) is 25.7 Å². The maximum absolute atomic E-state index is 5.78. The molecule has 0 spiro atoms. The second-order valence-corrected chi connectivity index (χ2v) is 6.45. The Hall–Kier alpha value is -0.120. The lowest BCUT2D eigenvalue weighted by atomic mass is 9.91. The van der Waals surface area contributed by atoms with E-state index in [1.807, 2.05) is 0 Å². The molecular weight excluding hydrogens is 236 g/mol. The maximum Gasteiger partial charge on any atom is 0.0593 e. The molecule has 0 heterocycles. The van der Waals surface area contributed by atoms with Crippen molar-refractivity contribution in [3.63, 3.8) is 0 Å². The standard InChI is InChI=1S/C16H32N2O/c1-17-15-7-5-3-4-6-8-16(15)18(2)11-12-19-13-14-9-10-14/h14-17H,3-13H2,1-2H3. The summed E-state index contributed by atoms with van der Waals surface area (Å²) in [7, 11) is 4.40. The van der Waals surface area contributed by atoms with E-state index >= 15 is 0 Å². The summed E-state index contributed by atoms with van der Waals surface area (Å²) in [5.74, 6) is 0.886. The number of likely N-dealkylation sites (N-methyl/N-ethyl adjacent to an activating group) is 2. The Morgan fingerprint density at radius 2 is 1.79 bits per heavy atom. The third-order valence-corrected chi connectivity index (χ3v) is 4.81. The highest BCUT2D eigenvalue weighted by Crippen LogP contribution is 2.28. The molecule has 0 bridgehead atoms. The van der Waals surface area contributed by atoms with E-state index in [2.05, 4.69) is 24.3 Å². The molecule has 3 heteroatoms. The van der Waals surface area contributed by atoms with Gasteiger partial charge in [-0.25, -0.2) is 0 Å². The van der Waals surface area contributed by atoms with Gasteiger partial charge in [-0.3, -0.25) is 4.90 Å². The Balaban J connectivity index is 1.70. The van der Waals surface area contributed by atoms with Crippen molar-refractivity contribution < 1.29 is 4.74 Å². The van der Waals surface area contributed by atoms with E-state index in [4.69, 9.17) is 4.74 Å². The molecule has 3 nitrogen and oxygen atoms in total. The SMILES string of the molecule is CNC1CCCCCCC1N(C)CCOCC1CC1. The van der Waals surface area contributed by atoms with Crippen molar-refractivity contribution in [2.45, 2.75) is 63.5 Å². The highest BCUT2D eigenvalue weighted by molar-refractivity contribution is 4.84. The summed E-state index contributed by atoms with van der Waals surface area (Å²) >= 11 is 0. The minimum absolute atomic E-state index is 0.661. The van der Waals surface area contributed by atoms with Gasteiger partial charge >= 0.3 is 0 Å². The van der Waals surface area contributed by atoms with Gasteiger partial charge in [-0.2, -0.15) is 0 Å². The van der Waals surface area contributed by atoms with Gasteiger partial charge in [0, 0.05) is 25.2 Å². The lowest BCUT2D eigenvalue weighted by molar-refractivity contribution is 0.0789. The first-order chi connectivity index (χ1) is 9.31. The van der Waals surface area contributed by atoms with Gasteiger partial charge in [0.2, 0.25) is 0 Å². The van der Waals surface area contributed by atoms with Crippen LogP contribution in [0.25, 0.3) is 0 Å². The molecule has 2 aliphatic rings. The average molecular weight is 268 g/mol. The summed E-state index contributed by atoms with van der Waals surface area (Å²) in [6.07, 6.45) is 11.0. The first-order valence-corrected chi connectivity index (χ1v) is 8.26. The third-order valence-electron chi connectivity index (χ3n) is 4.81. The summed E-state index contributed by atoms with van der Waals surface area (Å²) in [6.45, 7) is 2.98. The van der Waals surface area contributed by atoms with Crippen LogP contribution >= 0.6 is 0 Å². The number of nitrogens with zero attached hydrogens (tertiary/aromatic N) is 1. The van der Waals surface area contributed by atoms with Crippen molar-refractivity contribution in [2.24, 2.45) is 5.92 Å². The Kier molecular flexibility index (Phi) is 6.62. The van der Waals surface area contributed by atoms with Crippen molar-refractivity contribution in [2.75, 3.05) is 33.9 Å². The topological polar surface area (TPSA) is 24.5 Å². The van der Waals surface area contributed by atoms with E-state index in [0.29, 0.717) is 12.1 Å². The fourth-order valence-corrected chi connectivity index (χ4v) is 3.24. The quantitative estimate of drug-likeness (QED) is 0.718. The number of nitrogens with one attached hydrogen (secondary N) is 1. The molecular formula is C16H32N2O. The maximum atomic E-state index is 5.78. The van der Waals surface area contributed by atoms with Crippen molar-refractivity contribution >= 4 is 0 Å². The molecule has 2 rings (SSSR count). The summed E-state index contributed by atoms with van der Waals surface area (Å²) < 4.78 is 5.78. The largest absolute Gasteiger partial charge is 0.380 e. The van der Waals surface area contributed by atoms with Gasteiger partial charge in [0.1, 0.15) is 0 Å². The second kappa shape index (κ2) is 8.23. The molecule has 0 saturated heterocycles. The Morgan fingerprint density at radius 1 is 1.05 bits per heavy atom. The Morgan fingerprint density at radius 3 is 2.47 bits per heavy atom. The Labute approximate surface area is 119 Å². The number of ether oxygens (including phenoxy) is 1. The molecule has 2 atom stereocenters. The van der Waals surface area contributed by atoms with Crippen LogP contribution in [-0.2, 0) is 4.74 Å². The van der Waals surface area contributed by atoms with Crippen molar-refractivity contribution in [1.29, 1.82) is 0 Å². The van der Waals surface area contributed by atoms with Crippen LogP contribution in [-0.4, -0.2) is 50.8 Å². The van der Waals surface area contributed by atoms with E-state index in [1.165, 1.54) is 51.4 Å². The van der Waals surface area contributed by atoms with Crippen molar-refractivity contribution in [3.8, 4) is 0 Å². The van der Waals surface area contributed by atoms with Gasteiger partial charge in [0.05, 0.1) is 6.61 Å². The predicted octanol–water partition coefficient (Wildman–Crippen LogP) is 2.66. The number of rotatable bonds is 7. The minimum Gasteiger partial charge on any atom is -0.380 e. The van der Waals surface area contributed by atoms with Gasteiger partial charge in [-0.15, -0.1) is 0 Å². The fourth-order valence-electron chi connectivity index (χ4n) is 3.24. The van der Waals surface area contributed by atoms with E-state index in [1.54, 1.807) is 0 Å². The number of hydrogen-bond acceptors (Lipinski definition) is 3. The molecule has 19 heavy (non-hydrogen) atoms. The minimum atomic E-state index is 0.661. The van der Waals surface area contributed by atoms with E-state index < -0.39 is 0 Å². The van der Waals surface area contributed by atoms with Crippen LogP contribution in [0.4, 0.5) is 0 Å². The van der Waals surface area contributed by atoms with Crippen molar-refractivity contribution in [1.82, 2.24) is 10.2 Å². The second-order valence-electron chi connectivity index (χ2n) is 6.45. The van der Waals surface area contributed by atoms with Gasteiger partial charge < -0.3 is 10.1 Å². The molecule has 0 amide bonds. The first kappa shape index (κ1) is 15.3. The number of hydrogen-bond donors (Lipinski definition) is 1. The molecule has 2 unspecified atom stereocenters. The summed E-state index contributed by atoms with van der Waals surface area (Å²) in [5, 5.41) is 3.54. The average Bonchev–Trinajstić information content (AvgIpc) is 3.18. The van der Waals surface area contributed by atoms with Crippen LogP contribution in [0.3, 0.4) is 0 Å². The molecule has 0 aliphatic heterocycles. The Bertz CT molecular complexity index is 243. The molecule has 0 radical (unpaired) electrons. The molecule has 1 N–H and O–H groups in total. The predicted molar refractivity (Wildman–Crippen MR) is 80.5 cm³/mol. The molecule has 2 aliphatic carbocycles. The molecule has 112 valence electrons. The zero-order valence-electron chi connectivity index (χ0n) is 12.9. The molecule has 0 aromatic rings. The van der Waals surface area contributed by atoms with Crippen LogP contribution in [0.1, 0.15) is 51.4 Å².